The van der Waals surface area contributed by atoms with Crippen LogP contribution in [0.3, 0.4) is 0 Å². The summed E-state index contributed by atoms with van der Waals surface area (Å²) in [5, 5.41) is 5.71. The minimum atomic E-state index is 0.219. The molecule has 0 N–H and O–H groups in total. The van der Waals surface area contributed by atoms with Gasteiger partial charge in [-0.1, -0.05) is 129 Å². The fourth-order valence-corrected chi connectivity index (χ4v) is 7.75. The average Bonchev–Trinajstić information content (AvgIpc) is 3.12. The van der Waals surface area contributed by atoms with Crippen LogP contribution in [0.25, 0.3) is 39.3 Å². The number of aromatic nitrogens is 1. The number of benzene rings is 3. The van der Waals surface area contributed by atoms with Crippen LogP contribution < -0.4 is 21.0 Å². The summed E-state index contributed by atoms with van der Waals surface area (Å²) in [6, 6.07) is 38.6. The highest BCUT2D eigenvalue weighted by Gasteiger charge is 2.34. The molecule has 0 spiro atoms. The van der Waals surface area contributed by atoms with Gasteiger partial charge in [0.2, 0.25) is 0 Å². The van der Waals surface area contributed by atoms with Crippen LogP contribution in [0.15, 0.2) is 150 Å². The van der Waals surface area contributed by atoms with Crippen LogP contribution in [0.2, 0.25) is 0 Å². The molecular weight excluding hydrogens is 581 g/mol. The van der Waals surface area contributed by atoms with E-state index in [1.165, 1.54) is 49.4 Å². The van der Waals surface area contributed by atoms with E-state index in [4.69, 9.17) is 11.6 Å². The highest BCUT2D eigenvalue weighted by molar-refractivity contribution is 6.09. The molecule has 2 atom stereocenters. The standard InChI is InChI=1S/C46H36N2/c1-4-36(44-40-21-11-10-20-39(40)43(33-15-6-5-7-16-33)42-30(2)14-12-22-41(42)44)38-19-9-8-18-37(38)31(3)32-23-24-35-26-25-34-17-13-28-47-45(34)46(35)48-29-27-32/h4,6,8-26,28,30,42H,3,27,29H2,1-2H3/b32-23+,35-24-,36-4+,48-46?. The number of rotatable bonds is 5. The van der Waals surface area contributed by atoms with Gasteiger partial charge in [0.1, 0.15) is 0 Å². The van der Waals surface area contributed by atoms with E-state index in [1.807, 2.05) is 18.3 Å². The summed E-state index contributed by atoms with van der Waals surface area (Å²) in [5.74, 6) is 0.557. The van der Waals surface area contributed by atoms with Crippen molar-refractivity contribution >= 4 is 39.3 Å². The van der Waals surface area contributed by atoms with E-state index in [1.54, 1.807) is 0 Å². The normalized spacial score (nSPS) is 20.3. The van der Waals surface area contributed by atoms with Gasteiger partial charge >= 0.3 is 0 Å². The van der Waals surface area contributed by atoms with Gasteiger partial charge in [0, 0.05) is 29.3 Å². The second-order valence-electron chi connectivity index (χ2n) is 12.7. The van der Waals surface area contributed by atoms with E-state index < -0.39 is 0 Å². The lowest BCUT2D eigenvalue weighted by molar-refractivity contribution is 0.598. The Bertz CT molecular complexity index is 2490. The molecule has 3 aliphatic rings. The number of fused-ring (bicyclic) bond motifs is 5. The van der Waals surface area contributed by atoms with Crippen LogP contribution in [0, 0.1) is 24.0 Å². The van der Waals surface area contributed by atoms with Crippen molar-refractivity contribution in [2.75, 3.05) is 6.54 Å². The van der Waals surface area contributed by atoms with Gasteiger partial charge in [-0.05, 0) is 104 Å². The molecule has 2 heterocycles. The molecule has 0 radical (unpaired) electrons. The van der Waals surface area contributed by atoms with Crippen molar-refractivity contribution in [3.05, 3.63) is 195 Å². The monoisotopic (exact) mass is 616 g/mol. The quantitative estimate of drug-likeness (QED) is 0.201. The van der Waals surface area contributed by atoms with E-state index >= 15 is 0 Å². The van der Waals surface area contributed by atoms with Crippen molar-refractivity contribution in [1.29, 1.82) is 0 Å². The van der Waals surface area contributed by atoms with E-state index in [0.717, 1.165) is 39.0 Å². The maximum Gasteiger partial charge on any atom is 0.0960 e. The zero-order valence-corrected chi connectivity index (χ0v) is 27.4. The molecule has 2 heteroatoms. The summed E-state index contributed by atoms with van der Waals surface area (Å²) in [5.41, 5.74) is 12.0. The topological polar surface area (TPSA) is 25.2 Å². The van der Waals surface area contributed by atoms with Gasteiger partial charge in [-0.2, -0.15) is 0 Å². The average molecular weight is 617 g/mol. The van der Waals surface area contributed by atoms with Gasteiger partial charge < -0.3 is 0 Å². The summed E-state index contributed by atoms with van der Waals surface area (Å²) >= 11 is 0. The molecule has 0 bridgehead atoms. The summed E-state index contributed by atoms with van der Waals surface area (Å²) in [4.78, 5) is 9.70. The molecule has 230 valence electrons. The van der Waals surface area contributed by atoms with Crippen molar-refractivity contribution in [1.82, 2.24) is 4.98 Å². The van der Waals surface area contributed by atoms with Gasteiger partial charge in [0.15, 0.2) is 0 Å². The Balaban J connectivity index is 1.30. The van der Waals surface area contributed by atoms with Crippen LogP contribution in [0.1, 0.15) is 37.0 Å². The zero-order valence-electron chi connectivity index (χ0n) is 27.4. The fourth-order valence-electron chi connectivity index (χ4n) is 7.75. The van der Waals surface area contributed by atoms with Crippen molar-refractivity contribution in [3.63, 3.8) is 0 Å². The van der Waals surface area contributed by atoms with Gasteiger partial charge in [-0.3, -0.25) is 9.98 Å². The summed E-state index contributed by atoms with van der Waals surface area (Å²) < 4.78 is 0. The summed E-state index contributed by atoms with van der Waals surface area (Å²) in [7, 11) is 0. The molecule has 8 rings (SSSR count). The first-order chi connectivity index (χ1) is 23.6. The van der Waals surface area contributed by atoms with Crippen molar-refractivity contribution in [3.8, 4) is 0 Å². The molecule has 2 unspecified atom stereocenters. The second-order valence-corrected chi connectivity index (χ2v) is 12.7. The Labute approximate surface area is 282 Å². The molecule has 4 aromatic carbocycles. The maximum absolute atomic E-state index is 5.05. The van der Waals surface area contributed by atoms with Gasteiger partial charge in [0.05, 0.1) is 10.9 Å². The molecule has 48 heavy (non-hydrogen) atoms. The number of hydrogen-bond donors (Lipinski definition) is 0. The van der Waals surface area contributed by atoms with E-state index in [0.29, 0.717) is 12.5 Å². The SMILES string of the molecule is C=C(/C1=C/C=c2/ccc3cccnc3c2=NCC1)c1ccccc1/C(=C\C)C1=c2ccccc2=C(c2cc#ccc2)C2C1=CC=CC2C. The first kappa shape index (κ1) is 29.6. The molecule has 0 fully saturated rings. The Morgan fingerprint density at radius 2 is 1.71 bits per heavy atom. The van der Waals surface area contributed by atoms with Crippen molar-refractivity contribution < 1.29 is 0 Å². The Kier molecular flexibility index (Phi) is 7.67. The lowest BCUT2D eigenvalue weighted by atomic mass is 9.67. The molecule has 5 aromatic rings. The molecule has 0 amide bonds. The van der Waals surface area contributed by atoms with Crippen molar-refractivity contribution in [2.24, 2.45) is 16.8 Å². The van der Waals surface area contributed by atoms with Crippen LogP contribution in [-0.4, -0.2) is 11.5 Å². The summed E-state index contributed by atoms with van der Waals surface area (Å²) in [6.07, 6.45) is 16.3. The van der Waals surface area contributed by atoms with E-state index in [-0.39, 0.29) is 5.92 Å². The van der Waals surface area contributed by atoms with Crippen LogP contribution in [-0.2, 0) is 0 Å². The predicted octanol–water partition coefficient (Wildman–Crippen LogP) is 7.49. The van der Waals surface area contributed by atoms with Gasteiger partial charge in [-0.15, -0.1) is 0 Å². The minimum Gasteiger partial charge on any atom is -0.282 e. The molecule has 1 aromatic heterocycles. The third-order valence-corrected chi connectivity index (χ3v) is 9.99. The maximum atomic E-state index is 5.05. The lowest BCUT2D eigenvalue weighted by Crippen LogP contribution is -2.39. The number of pyridine rings is 1. The first-order valence-electron chi connectivity index (χ1n) is 16.8. The highest BCUT2D eigenvalue weighted by atomic mass is 14.7. The Morgan fingerprint density at radius 1 is 0.875 bits per heavy atom. The zero-order chi connectivity index (χ0) is 32.6. The molecular formula is C46H36N2. The van der Waals surface area contributed by atoms with E-state index in [2.05, 4.69) is 146 Å². The highest BCUT2D eigenvalue weighted by Crippen LogP contribution is 2.46. The molecule has 2 aliphatic carbocycles. The van der Waals surface area contributed by atoms with Crippen LogP contribution in [0.4, 0.5) is 0 Å². The van der Waals surface area contributed by atoms with Gasteiger partial charge in [-0.25, -0.2) is 0 Å². The minimum absolute atomic E-state index is 0.219. The Morgan fingerprint density at radius 3 is 2.54 bits per heavy atom. The van der Waals surface area contributed by atoms with Crippen LogP contribution >= 0.6 is 0 Å². The van der Waals surface area contributed by atoms with E-state index in [9.17, 15) is 0 Å². The largest absolute Gasteiger partial charge is 0.282 e. The van der Waals surface area contributed by atoms with Gasteiger partial charge in [0.25, 0.3) is 0 Å². The summed E-state index contributed by atoms with van der Waals surface area (Å²) in [6.45, 7) is 9.90. The number of hydrogen-bond acceptors (Lipinski definition) is 2. The van der Waals surface area contributed by atoms with Crippen LogP contribution in [0.5, 0.6) is 0 Å². The molecule has 2 nitrogen and oxygen atoms in total. The number of nitrogens with zero attached hydrogens (tertiary/aromatic N) is 2. The first-order valence-corrected chi connectivity index (χ1v) is 16.8. The Hall–Kier alpha value is -5.78. The third kappa shape index (κ3) is 5.00. The molecule has 0 saturated carbocycles. The second kappa shape index (κ2) is 12.4. The third-order valence-electron chi connectivity index (χ3n) is 9.99. The molecule has 0 saturated heterocycles. The lowest BCUT2D eigenvalue weighted by Gasteiger charge is -2.35. The van der Waals surface area contributed by atoms with Crippen molar-refractivity contribution in [2.45, 2.75) is 20.3 Å². The molecule has 1 aliphatic heterocycles. The smallest absolute Gasteiger partial charge is 0.0960 e. The predicted molar refractivity (Wildman–Crippen MR) is 199 cm³/mol. The number of allylic oxidation sites excluding steroid dienone is 8. The fraction of sp³-hybridized carbons (Fsp3) is 0.130.